The highest BCUT2D eigenvalue weighted by atomic mass is 19.3. The van der Waals surface area contributed by atoms with Gasteiger partial charge in [-0.25, -0.2) is 4.79 Å². The van der Waals surface area contributed by atoms with Crippen LogP contribution >= 0.6 is 0 Å². The molecule has 104 valence electrons. The van der Waals surface area contributed by atoms with Gasteiger partial charge in [0, 0.05) is 5.56 Å². The molecule has 0 radical (unpaired) electrons. The second-order valence-corrected chi connectivity index (χ2v) is 4.26. The van der Waals surface area contributed by atoms with Crippen molar-refractivity contribution in [2.45, 2.75) is 13.5 Å². The largest absolute Gasteiger partial charge is 0.478 e. The van der Waals surface area contributed by atoms with Crippen molar-refractivity contribution < 1.29 is 23.4 Å². The number of hydrogen-bond acceptors (Lipinski definition) is 2. The van der Waals surface area contributed by atoms with Crippen LogP contribution in [0.5, 0.6) is 5.75 Å². The molecular weight excluding hydrogens is 266 g/mol. The number of carboxylic acids is 1. The Kier molecular flexibility index (Phi) is 3.98. The maximum absolute atomic E-state index is 12.5. The molecule has 20 heavy (non-hydrogen) atoms. The zero-order valence-corrected chi connectivity index (χ0v) is 10.6. The molecule has 0 heterocycles. The van der Waals surface area contributed by atoms with Gasteiger partial charge in [-0.15, -0.1) is 0 Å². The summed E-state index contributed by atoms with van der Waals surface area (Å²) in [6.07, 6.45) is 0. The summed E-state index contributed by atoms with van der Waals surface area (Å²) in [6, 6.07) is 11.2. The predicted octanol–water partition coefficient (Wildman–Crippen LogP) is 3.96. The number of aryl methyl sites for hydroxylation is 1. The Balaban J connectivity index is 2.53. The number of carboxylic acid groups (broad SMARTS) is 1. The van der Waals surface area contributed by atoms with Crippen molar-refractivity contribution in [2.24, 2.45) is 0 Å². The van der Waals surface area contributed by atoms with Crippen LogP contribution in [0.1, 0.15) is 15.9 Å². The van der Waals surface area contributed by atoms with E-state index >= 15 is 0 Å². The topological polar surface area (TPSA) is 46.5 Å². The van der Waals surface area contributed by atoms with E-state index in [1.807, 2.05) is 19.1 Å². The van der Waals surface area contributed by atoms with Crippen LogP contribution in [0.2, 0.25) is 0 Å². The van der Waals surface area contributed by atoms with Gasteiger partial charge in [0.2, 0.25) is 0 Å². The molecule has 0 unspecified atom stereocenters. The molecule has 1 N–H and O–H groups in total. The number of hydrogen-bond donors (Lipinski definition) is 1. The van der Waals surface area contributed by atoms with E-state index in [9.17, 15) is 13.6 Å². The quantitative estimate of drug-likeness (QED) is 0.920. The van der Waals surface area contributed by atoms with E-state index in [-0.39, 0.29) is 11.3 Å². The molecule has 0 saturated heterocycles. The molecule has 0 aliphatic heterocycles. The molecule has 2 rings (SSSR count). The summed E-state index contributed by atoms with van der Waals surface area (Å²) in [7, 11) is 0. The van der Waals surface area contributed by atoms with Crippen molar-refractivity contribution in [3.63, 3.8) is 0 Å². The first-order valence-corrected chi connectivity index (χ1v) is 5.86. The fraction of sp³-hybridized carbons (Fsp3) is 0.133. The second kappa shape index (κ2) is 5.69. The molecule has 0 saturated carbocycles. The second-order valence-electron chi connectivity index (χ2n) is 4.26. The Hall–Kier alpha value is -2.43. The normalized spacial score (nSPS) is 10.6. The molecule has 3 nitrogen and oxygen atoms in total. The number of ether oxygens (including phenoxy) is 1. The SMILES string of the molecule is Cc1cccc(-c2ccc(C(=O)O)cc2OC(F)F)c1. The molecule has 0 aromatic heterocycles. The third kappa shape index (κ3) is 3.12. The van der Waals surface area contributed by atoms with Gasteiger partial charge in [-0.2, -0.15) is 8.78 Å². The van der Waals surface area contributed by atoms with E-state index in [2.05, 4.69) is 4.74 Å². The molecule has 2 aromatic carbocycles. The highest BCUT2D eigenvalue weighted by Gasteiger charge is 2.14. The molecule has 2 aromatic rings. The predicted molar refractivity (Wildman–Crippen MR) is 70.2 cm³/mol. The first-order chi connectivity index (χ1) is 9.47. The maximum atomic E-state index is 12.5. The Bertz CT molecular complexity index is 639. The minimum Gasteiger partial charge on any atom is -0.478 e. The smallest absolute Gasteiger partial charge is 0.387 e. The molecule has 0 amide bonds. The summed E-state index contributed by atoms with van der Waals surface area (Å²) >= 11 is 0. The van der Waals surface area contributed by atoms with E-state index in [0.717, 1.165) is 11.6 Å². The monoisotopic (exact) mass is 278 g/mol. The zero-order valence-electron chi connectivity index (χ0n) is 10.6. The third-order valence-corrected chi connectivity index (χ3v) is 2.77. The molecular formula is C15H12F2O3. The lowest BCUT2D eigenvalue weighted by molar-refractivity contribution is -0.0495. The Morgan fingerprint density at radius 3 is 2.55 bits per heavy atom. The number of benzene rings is 2. The van der Waals surface area contributed by atoms with Crippen LogP contribution in [0.15, 0.2) is 42.5 Å². The third-order valence-electron chi connectivity index (χ3n) is 2.77. The van der Waals surface area contributed by atoms with Crippen molar-refractivity contribution >= 4 is 5.97 Å². The average molecular weight is 278 g/mol. The molecule has 0 bridgehead atoms. The number of rotatable bonds is 4. The lowest BCUT2D eigenvalue weighted by Crippen LogP contribution is -2.05. The van der Waals surface area contributed by atoms with Crippen molar-refractivity contribution in [2.75, 3.05) is 0 Å². The van der Waals surface area contributed by atoms with Crippen molar-refractivity contribution in [1.82, 2.24) is 0 Å². The van der Waals surface area contributed by atoms with E-state index in [1.54, 1.807) is 12.1 Å². The molecule has 5 heteroatoms. The highest BCUT2D eigenvalue weighted by molar-refractivity contribution is 5.89. The number of halogens is 2. The van der Waals surface area contributed by atoms with Crippen LogP contribution in [0.4, 0.5) is 8.78 Å². The molecule has 0 fully saturated rings. The van der Waals surface area contributed by atoms with E-state index < -0.39 is 12.6 Å². The summed E-state index contributed by atoms with van der Waals surface area (Å²) in [5, 5.41) is 8.91. The minimum atomic E-state index is -3.01. The van der Waals surface area contributed by atoms with Gasteiger partial charge in [0.1, 0.15) is 5.75 Å². The Morgan fingerprint density at radius 2 is 1.95 bits per heavy atom. The van der Waals surface area contributed by atoms with E-state index in [1.165, 1.54) is 12.1 Å². The highest BCUT2D eigenvalue weighted by Crippen LogP contribution is 2.32. The summed E-state index contributed by atoms with van der Waals surface area (Å²) in [4.78, 5) is 10.9. The van der Waals surface area contributed by atoms with Crippen LogP contribution in [0.25, 0.3) is 11.1 Å². The van der Waals surface area contributed by atoms with Gasteiger partial charge in [-0.3, -0.25) is 0 Å². The fourth-order valence-electron chi connectivity index (χ4n) is 1.90. The van der Waals surface area contributed by atoms with Crippen LogP contribution in [-0.2, 0) is 0 Å². The summed E-state index contributed by atoms with van der Waals surface area (Å²) in [5.74, 6) is -1.34. The van der Waals surface area contributed by atoms with Crippen molar-refractivity contribution in [1.29, 1.82) is 0 Å². The van der Waals surface area contributed by atoms with E-state index in [0.29, 0.717) is 11.1 Å². The van der Waals surface area contributed by atoms with Gasteiger partial charge in [-0.05, 0) is 30.7 Å². The van der Waals surface area contributed by atoms with Crippen molar-refractivity contribution in [3.8, 4) is 16.9 Å². The standard InChI is InChI=1S/C15H12F2O3/c1-9-3-2-4-10(7-9)12-6-5-11(14(18)19)8-13(12)20-15(16)17/h2-8,15H,1H3,(H,18,19). The summed E-state index contributed by atoms with van der Waals surface area (Å²) < 4.78 is 29.4. The molecule has 0 aliphatic carbocycles. The lowest BCUT2D eigenvalue weighted by Gasteiger charge is -2.12. The molecule has 0 aliphatic rings. The Morgan fingerprint density at radius 1 is 1.20 bits per heavy atom. The number of alkyl halides is 2. The fourth-order valence-corrected chi connectivity index (χ4v) is 1.90. The summed E-state index contributed by atoms with van der Waals surface area (Å²) in [6.45, 7) is -1.13. The number of carbonyl (C=O) groups is 1. The first kappa shape index (κ1) is 14.0. The zero-order chi connectivity index (χ0) is 14.7. The number of aromatic carboxylic acids is 1. The first-order valence-electron chi connectivity index (χ1n) is 5.86. The van der Waals surface area contributed by atoms with Gasteiger partial charge >= 0.3 is 12.6 Å². The Labute approximate surface area is 114 Å². The van der Waals surface area contributed by atoms with Crippen LogP contribution < -0.4 is 4.74 Å². The summed E-state index contributed by atoms with van der Waals surface area (Å²) in [5.41, 5.74) is 1.99. The van der Waals surface area contributed by atoms with Gasteiger partial charge in [0.25, 0.3) is 0 Å². The van der Waals surface area contributed by atoms with Crippen LogP contribution in [-0.4, -0.2) is 17.7 Å². The minimum absolute atomic E-state index is 0.1000. The van der Waals surface area contributed by atoms with Gasteiger partial charge < -0.3 is 9.84 Å². The maximum Gasteiger partial charge on any atom is 0.387 e. The van der Waals surface area contributed by atoms with Gasteiger partial charge in [-0.1, -0.05) is 29.8 Å². The molecule has 0 spiro atoms. The van der Waals surface area contributed by atoms with Gasteiger partial charge in [0.05, 0.1) is 5.56 Å². The van der Waals surface area contributed by atoms with Crippen LogP contribution in [0.3, 0.4) is 0 Å². The van der Waals surface area contributed by atoms with Crippen molar-refractivity contribution in [3.05, 3.63) is 53.6 Å². The average Bonchev–Trinajstić information content (AvgIpc) is 2.37. The van der Waals surface area contributed by atoms with E-state index in [4.69, 9.17) is 5.11 Å². The lowest BCUT2D eigenvalue weighted by atomic mass is 10.0. The van der Waals surface area contributed by atoms with Gasteiger partial charge in [0.15, 0.2) is 0 Å². The molecule has 0 atom stereocenters. The van der Waals surface area contributed by atoms with Crippen LogP contribution in [0, 0.1) is 6.92 Å².